The molecule has 0 spiro atoms. The molecule has 4 aromatic rings. The van der Waals surface area contributed by atoms with E-state index in [2.05, 4.69) is 25.6 Å². The molecule has 0 saturated carbocycles. The molecule has 164 valence electrons. The van der Waals surface area contributed by atoms with Crippen molar-refractivity contribution in [1.82, 2.24) is 25.0 Å². The van der Waals surface area contributed by atoms with Gasteiger partial charge in [0.2, 0.25) is 0 Å². The number of methoxy groups -OCH3 is 1. The first-order valence-electron chi connectivity index (χ1n) is 9.53. The molecular formula is C21H17Cl3N6O2. The van der Waals surface area contributed by atoms with Crippen LogP contribution in [-0.4, -0.2) is 51.0 Å². The van der Waals surface area contributed by atoms with Gasteiger partial charge in [-0.15, -0.1) is 5.10 Å². The van der Waals surface area contributed by atoms with E-state index in [1.807, 2.05) is 0 Å². The minimum Gasteiger partial charge on any atom is -0.383 e. The van der Waals surface area contributed by atoms with Gasteiger partial charge in [-0.05, 0) is 42.0 Å². The Morgan fingerprint density at radius 3 is 2.50 bits per heavy atom. The van der Waals surface area contributed by atoms with Crippen LogP contribution >= 0.6 is 34.8 Å². The number of hydrogen-bond acceptors (Lipinski definition) is 7. The van der Waals surface area contributed by atoms with E-state index in [9.17, 15) is 4.79 Å². The fraction of sp³-hybridized carbons (Fsp3) is 0.190. The van der Waals surface area contributed by atoms with Gasteiger partial charge in [0.05, 0.1) is 28.8 Å². The summed E-state index contributed by atoms with van der Waals surface area (Å²) < 4.78 is 6.65. The van der Waals surface area contributed by atoms with Crippen LogP contribution in [0.5, 0.6) is 0 Å². The Bertz CT molecular complexity index is 1250. The molecule has 0 aliphatic carbocycles. The zero-order valence-electron chi connectivity index (χ0n) is 16.8. The number of nitrogens with one attached hydrogen (secondary N) is 1. The summed E-state index contributed by atoms with van der Waals surface area (Å²) >= 11 is 18.8. The second kappa shape index (κ2) is 9.79. The number of ketones is 1. The average molecular weight is 492 g/mol. The van der Waals surface area contributed by atoms with Gasteiger partial charge in [-0.3, -0.25) is 4.79 Å². The number of ether oxygens (including phenoxy) is 1. The van der Waals surface area contributed by atoms with Gasteiger partial charge in [-0.25, -0.2) is 14.6 Å². The molecule has 0 aliphatic heterocycles. The number of halogens is 3. The summed E-state index contributed by atoms with van der Waals surface area (Å²) in [5.41, 5.74) is 2.50. The molecule has 0 radical (unpaired) electrons. The van der Waals surface area contributed by atoms with Crippen LogP contribution in [0.25, 0.3) is 11.2 Å². The molecule has 0 fully saturated rings. The van der Waals surface area contributed by atoms with Crippen molar-refractivity contribution in [2.45, 2.75) is 6.54 Å². The Morgan fingerprint density at radius 2 is 1.81 bits per heavy atom. The first-order valence-corrected chi connectivity index (χ1v) is 10.7. The van der Waals surface area contributed by atoms with E-state index in [1.165, 1.54) is 6.33 Å². The second-order valence-electron chi connectivity index (χ2n) is 6.83. The van der Waals surface area contributed by atoms with Crippen molar-refractivity contribution in [3.63, 3.8) is 0 Å². The highest BCUT2D eigenvalue weighted by molar-refractivity contribution is 6.41. The smallest absolute Gasteiger partial charge is 0.196 e. The van der Waals surface area contributed by atoms with Crippen molar-refractivity contribution in [3.8, 4) is 0 Å². The van der Waals surface area contributed by atoms with Crippen LogP contribution in [0.4, 0.5) is 5.82 Å². The Morgan fingerprint density at radius 1 is 1.09 bits per heavy atom. The summed E-state index contributed by atoms with van der Waals surface area (Å²) in [6, 6.07) is 9.91. The number of aromatic nitrogens is 5. The highest BCUT2D eigenvalue weighted by Gasteiger charge is 2.19. The summed E-state index contributed by atoms with van der Waals surface area (Å²) in [5, 5.41) is 12.5. The number of nitrogens with zero attached hydrogens (tertiary/aromatic N) is 5. The van der Waals surface area contributed by atoms with E-state index in [1.54, 1.807) is 48.2 Å². The van der Waals surface area contributed by atoms with Gasteiger partial charge >= 0.3 is 0 Å². The normalized spacial score (nSPS) is 11.1. The lowest BCUT2D eigenvalue weighted by Gasteiger charge is -2.10. The van der Waals surface area contributed by atoms with Gasteiger partial charge in [-0.2, -0.15) is 0 Å². The summed E-state index contributed by atoms with van der Waals surface area (Å²) in [6.45, 7) is 1.40. The SMILES string of the molecule is COCCNc1ncnc2c1nnn2Cc1cc(Cl)c(C(=O)c2ccc(Cl)cc2)c(Cl)c1. The highest BCUT2D eigenvalue weighted by atomic mass is 35.5. The van der Waals surface area contributed by atoms with Crippen LogP contribution in [0.3, 0.4) is 0 Å². The summed E-state index contributed by atoms with van der Waals surface area (Å²) in [7, 11) is 1.62. The number of benzene rings is 2. The number of hydrogen-bond donors (Lipinski definition) is 1. The second-order valence-corrected chi connectivity index (χ2v) is 8.08. The summed E-state index contributed by atoms with van der Waals surface area (Å²) in [5.74, 6) is 0.284. The maximum Gasteiger partial charge on any atom is 0.196 e. The Kier molecular flexibility index (Phi) is 6.86. The first-order chi connectivity index (χ1) is 15.5. The summed E-state index contributed by atoms with van der Waals surface area (Å²) in [6.07, 6.45) is 1.44. The lowest BCUT2D eigenvalue weighted by molar-refractivity contribution is 0.103. The number of carbonyl (C=O) groups excluding carboxylic acids is 1. The van der Waals surface area contributed by atoms with Crippen LogP contribution in [0.1, 0.15) is 21.5 Å². The fourth-order valence-electron chi connectivity index (χ4n) is 3.15. The van der Waals surface area contributed by atoms with E-state index in [4.69, 9.17) is 39.5 Å². The van der Waals surface area contributed by atoms with Gasteiger partial charge in [0.15, 0.2) is 22.8 Å². The van der Waals surface area contributed by atoms with E-state index in [0.717, 1.165) is 5.56 Å². The fourth-order valence-corrected chi connectivity index (χ4v) is 3.98. The molecule has 32 heavy (non-hydrogen) atoms. The maximum atomic E-state index is 12.9. The van der Waals surface area contributed by atoms with Crippen molar-refractivity contribution >= 4 is 57.6 Å². The van der Waals surface area contributed by atoms with Crippen LogP contribution in [0, 0.1) is 0 Å². The molecule has 2 heterocycles. The van der Waals surface area contributed by atoms with Gasteiger partial charge in [-0.1, -0.05) is 40.0 Å². The highest BCUT2D eigenvalue weighted by Crippen LogP contribution is 2.30. The molecule has 2 aromatic heterocycles. The minimum absolute atomic E-state index is 0.231. The predicted octanol–water partition coefficient (Wildman–Crippen LogP) is 4.52. The van der Waals surface area contributed by atoms with Crippen molar-refractivity contribution < 1.29 is 9.53 Å². The summed E-state index contributed by atoms with van der Waals surface area (Å²) in [4.78, 5) is 21.4. The molecular weight excluding hydrogens is 475 g/mol. The maximum absolute atomic E-state index is 12.9. The molecule has 0 aliphatic rings. The van der Waals surface area contributed by atoms with Crippen LogP contribution < -0.4 is 5.32 Å². The molecule has 0 unspecified atom stereocenters. The Balaban J connectivity index is 1.60. The molecule has 8 nitrogen and oxygen atoms in total. The third kappa shape index (κ3) is 4.68. The lowest BCUT2D eigenvalue weighted by Crippen LogP contribution is -2.10. The largest absolute Gasteiger partial charge is 0.383 e. The van der Waals surface area contributed by atoms with Gasteiger partial charge in [0.25, 0.3) is 0 Å². The topological polar surface area (TPSA) is 94.8 Å². The lowest BCUT2D eigenvalue weighted by atomic mass is 10.0. The van der Waals surface area contributed by atoms with E-state index in [-0.39, 0.29) is 21.4 Å². The van der Waals surface area contributed by atoms with Crippen LogP contribution in [0.15, 0.2) is 42.7 Å². The monoisotopic (exact) mass is 490 g/mol. The quantitative estimate of drug-likeness (QED) is 0.286. The third-order valence-electron chi connectivity index (χ3n) is 4.67. The number of rotatable bonds is 8. The van der Waals surface area contributed by atoms with Crippen molar-refractivity contribution in [1.29, 1.82) is 0 Å². The molecule has 1 N–H and O–H groups in total. The molecule has 11 heteroatoms. The van der Waals surface area contributed by atoms with Crippen LogP contribution in [-0.2, 0) is 11.3 Å². The molecule has 0 bridgehead atoms. The Labute approximate surface area is 198 Å². The number of carbonyl (C=O) groups is 1. The molecule has 0 amide bonds. The van der Waals surface area contributed by atoms with E-state index < -0.39 is 0 Å². The molecule has 0 atom stereocenters. The zero-order valence-corrected chi connectivity index (χ0v) is 19.1. The molecule has 4 rings (SSSR count). The van der Waals surface area contributed by atoms with Gasteiger partial charge in [0, 0.05) is 24.2 Å². The van der Waals surface area contributed by atoms with Gasteiger partial charge < -0.3 is 10.1 Å². The van der Waals surface area contributed by atoms with Crippen molar-refractivity contribution in [3.05, 3.63) is 74.5 Å². The van der Waals surface area contributed by atoms with Gasteiger partial charge in [0.1, 0.15) is 6.33 Å². The van der Waals surface area contributed by atoms with E-state index >= 15 is 0 Å². The van der Waals surface area contributed by atoms with Crippen LogP contribution in [0.2, 0.25) is 15.1 Å². The average Bonchev–Trinajstić information content (AvgIpc) is 3.17. The molecule has 2 aromatic carbocycles. The first kappa shape index (κ1) is 22.4. The third-order valence-corrected chi connectivity index (χ3v) is 5.51. The molecule has 0 saturated heterocycles. The van der Waals surface area contributed by atoms with Crippen molar-refractivity contribution in [2.24, 2.45) is 0 Å². The standard InChI is InChI=1S/C21H17Cl3N6O2/c1-32-7-6-25-20-18-21(27-11-26-20)30(29-28-18)10-12-8-15(23)17(16(24)9-12)19(31)13-2-4-14(22)5-3-13/h2-5,8-9,11H,6-7,10H2,1H3,(H,25,26,27). The van der Waals surface area contributed by atoms with Crippen molar-refractivity contribution in [2.75, 3.05) is 25.6 Å². The zero-order chi connectivity index (χ0) is 22.7. The predicted molar refractivity (Wildman–Crippen MR) is 124 cm³/mol. The number of anilines is 1. The Hall–Kier alpha value is -2.78. The minimum atomic E-state index is -0.283. The number of fused-ring (bicyclic) bond motifs is 1. The van der Waals surface area contributed by atoms with E-state index in [0.29, 0.717) is 47.3 Å².